The zero-order chi connectivity index (χ0) is 14.3. The van der Waals surface area contributed by atoms with Gasteiger partial charge in [0.2, 0.25) is 0 Å². The van der Waals surface area contributed by atoms with Crippen LogP contribution in [0.15, 0.2) is 23.3 Å². The minimum atomic E-state index is -0.691. The number of nitrogens with two attached hydrogens (primary N) is 1. The normalized spacial score (nSPS) is 12.2. The predicted octanol–water partition coefficient (Wildman–Crippen LogP) is 1.85. The fourth-order valence-electron chi connectivity index (χ4n) is 1.80. The first-order chi connectivity index (χ1) is 9.13. The molecule has 0 fully saturated rings. The summed E-state index contributed by atoms with van der Waals surface area (Å²) in [5.41, 5.74) is 8.08. The number of benzene rings is 1. The quantitative estimate of drug-likeness (QED) is 0.608. The van der Waals surface area contributed by atoms with E-state index in [1.165, 1.54) is 0 Å². The van der Waals surface area contributed by atoms with E-state index in [4.69, 9.17) is 15.2 Å². The maximum absolute atomic E-state index is 10.6. The molecule has 1 aromatic carbocycles. The number of hydrazone groups is 1. The van der Waals surface area contributed by atoms with Crippen LogP contribution in [0, 0.1) is 0 Å². The molecule has 0 radical (unpaired) electrons. The summed E-state index contributed by atoms with van der Waals surface area (Å²) >= 11 is 0. The maximum atomic E-state index is 10.6. The molecule has 0 aromatic heterocycles. The summed E-state index contributed by atoms with van der Waals surface area (Å²) < 4.78 is 10.6. The van der Waals surface area contributed by atoms with E-state index >= 15 is 0 Å². The molecule has 3 N–H and O–H groups in total. The average molecular weight is 265 g/mol. The van der Waals surface area contributed by atoms with Crippen LogP contribution in [0.5, 0.6) is 11.5 Å². The van der Waals surface area contributed by atoms with E-state index in [2.05, 4.69) is 10.5 Å². The third kappa shape index (κ3) is 3.87. The van der Waals surface area contributed by atoms with Crippen LogP contribution in [0.4, 0.5) is 4.79 Å². The molecule has 0 spiro atoms. The number of para-hydroxylation sites is 1. The van der Waals surface area contributed by atoms with Crippen LogP contribution in [-0.4, -0.2) is 26.5 Å². The van der Waals surface area contributed by atoms with Crippen LogP contribution in [0.1, 0.15) is 24.8 Å². The summed E-state index contributed by atoms with van der Waals surface area (Å²) in [6.07, 6.45) is 2.43. The van der Waals surface area contributed by atoms with Crippen molar-refractivity contribution in [2.24, 2.45) is 10.8 Å². The second-order valence-corrected chi connectivity index (χ2v) is 3.85. The van der Waals surface area contributed by atoms with Crippen molar-refractivity contribution in [3.8, 4) is 11.5 Å². The lowest BCUT2D eigenvalue weighted by Crippen LogP contribution is -2.24. The van der Waals surface area contributed by atoms with Crippen LogP contribution in [-0.2, 0) is 0 Å². The van der Waals surface area contributed by atoms with Crippen molar-refractivity contribution in [2.45, 2.75) is 19.3 Å². The molecule has 0 unspecified atom stereocenters. The van der Waals surface area contributed by atoms with Crippen LogP contribution < -0.4 is 20.6 Å². The molecule has 2 amide bonds. The van der Waals surface area contributed by atoms with Crippen molar-refractivity contribution in [1.29, 1.82) is 0 Å². The number of methoxy groups -OCH3 is 2. The van der Waals surface area contributed by atoms with Crippen molar-refractivity contribution in [3.05, 3.63) is 23.8 Å². The Morgan fingerprint density at radius 3 is 2.74 bits per heavy atom. The van der Waals surface area contributed by atoms with E-state index < -0.39 is 6.03 Å². The van der Waals surface area contributed by atoms with Crippen molar-refractivity contribution < 1.29 is 14.3 Å². The van der Waals surface area contributed by atoms with Gasteiger partial charge in [0.05, 0.1) is 14.2 Å². The standard InChI is InChI=1S/C13H19N3O3/c1-4-9(8-15-16-13(14)17)10-6-5-7-11(18-2)12(10)19-3/h5-9H,4H2,1-3H3,(H3,14,16,17)/b15-8+/t9-/m1/s1. The molecule has 0 aliphatic heterocycles. The van der Waals surface area contributed by atoms with E-state index in [1.54, 1.807) is 20.4 Å². The van der Waals surface area contributed by atoms with Gasteiger partial charge in [-0.25, -0.2) is 10.2 Å². The number of nitrogens with zero attached hydrogens (tertiary/aromatic N) is 1. The van der Waals surface area contributed by atoms with Crippen LogP contribution in [0.3, 0.4) is 0 Å². The third-order valence-electron chi connectivity index (χ3n) is 2.70. The number of carbonyl (C=O) groups excluding carboxylic acids is 1. The number of amides is 2. The van der Waals surface area contributed by atoms with Gasteiger partial charge in [-0.15, -0.1) is 0 Å². The lowest BCUT2D eigenvalue weighted by atomic mass is 9.96. The zero-order valence-corrected chi connectivity index (χ0v) is 11.3. The second-order valence-electron chi connectivity index (χ2n) is 3.85. The summed E-state index contributed by atoms with van der Waals surface area (Å²) in [5.74, 6) is 1.33. The molecule has 0 saturated heterocycles. The van der Waals surface area contributed by atoms with Gasteiger partial charge in [-0.1, -0.05) is 19.1 Å². The first kappa shape index (κ1) is 14.8. The number of carbonyl (C=O) groups is 1. The van der Waals surface area contributed by atoms with Gasteiger partial charge in [-0.05, 0) is 12.5 Å². The summed E-state index contributed by atoms with van der Waals surface area (Å²) in [6, 6.07) is 4.96. The predicted molar refractivity (Wildman–Crippen MR) is 73.8 cm³/mol. The number of rotatable bonds is 6. The molecule has 1 rings (SSSR count). The summed E-state index contributed by atoms with van der Waals surface area (Å²) in [4.78, 5) is 10.6. The smallest absolute Gasteiger partial charge is 0.332 e. The average Bonchev–Trinajstić information content (AvgIpc) is 2.42. The molecule has 0 heterocycles. The third-order valence-corrected chi connectivity index (χ3v) is 2.70. The van der Waals surface area contributed by atoms with Crippen molar-refractivity contribution >= 4 is 12.2 Å². The van der Waals surface area contributed by atoms with Gasteiger partial charge in [0, 0.05) is 17.7 Å². The van der Waals surface area contributed by atoms with Gasteiger partial charge in [0.15, 0.2) is 11.5 Å². The Kier molecular flexibility index (Phi) is 5.66. The lowest BCUT2D eigenvalue weighted by molar-refractivity contribution is 0.249. The Labute approximate surface area is 112 Å². The van der Waals surface area contributed by atoms with Gasteiger partial charge in [0.25, 0.3) is 0 Å². The van der Waals surface area contributed by atoms with Gasteiger partial charge in [-0.3, -0.25) is 0 Å². The monoisotopic (exact) mass is 265 g/mol. The Morgan fingerprint density at radius 2 is 2.21 bits per heavy atom. The molecule has 6 heteroatoms. The highest BCUT2D eigenvalue weighted by Crippen LogP contribution is 2.35. The lowest BCUT2D eigenvalue weighted by Gasteiger charge is -2.16. The SMILES string of the molecule is CC[C@H](/C=N/NC(N)=O)c1cccc(OC)c1OC. The van der Waals surface area contributed by atoms with E-state index in [0.29, 0.717) is 11.5 Å². The zero-order valence-electron chi connectivity index (χ0n) is 11.3. The number of primary amides is 1. The molecule has 0 aliphatic rings. The topological polar surface area (TPSA) is 85.9 Å². The van der Waals surface area contributed by atoms with Gasteiger partial charge in [0.1, 0.15) is 0 Å². The van der Waals surface area contributed by atoms with Crippen LogP contribution in [0.25, 0.3) is 0 Å². The van der Waals surface area contributed by atoms with Crippen LogP contribution in [0.2, 0.25) is 0 Å². The van der Waals surface area contributed by atoms with E-state index in [9.17, 15) is 4.79 Å². The molecule has 0 bridgehead atoms. The van der Waals surface area contributed by atoms with E-state index in [-0.39, 0.29) is 5.92 Å². The van der Waals surface area contributed by atoms with E-state index in [0.717, 1.165) is 12.0 Å². The largest absolute Gasteiger partial charge is 0.493 e. The molecule has 1 aromatic rings. The molecule has 0 saturated carbocycles. The molecule has 19 heavy (non-hydrogen) atoms. The highest BCUT2D eigenvalue weighted by Gasteiger charge is 2.16. The fraction of sp³-hybridized carbons (Fsp3) is 0.385. The molecule has 1 atom stereocenters. The number of hydrogen-bond donors (Lipinski definition) is 2. The molecular weight excluding hydrogens is 246 g/mol. The number of ether oxygens (including phenoxy) is 2. The fourth-order valence-corrected chi connectivity index (χ4v) is 1.80. The number of hydrogen-bond acceptors (Lipinski definition) is 4. The summed E-state index contributed by atoms with van der Waals surface area (Å²) in [6.45, 7) is 2.01. The molecule has 6 nitrogen and oxygen atoms in total. The van der Waals surface area contributed by atoms with E-state index in [1.807, 2.05) is 25.1 Å². The van der Waals surface area contributed by atoms with Gasteiger partial charge < -0.3 is 15.2 Å². The summed E-state index contributed by atoms with van der Waals surface area (Å²) in [7, 11) is 3.18. The first-order valence-corrected chi connectivity index (χ1v) is 5.93. The maximum Gasteiger partial charge on any atom is 0.332 e. The highest BCUT2D eigenvalue weighted by molar-refractivity contribution is 5.75. The van der Waals surface area contributed by atoms with Crippen molar-refractivity contribution in [2.75, 3.05) is 14.2 Å². The second kappa shape index (κ2) is 7.25. The molecule has 104 valence electrons. The number of urea groups is 1. The molecular formula is C13H19N3O3. The first-order valence-electron chi connectivity index (χ1n) is 5.93. The highest BCUT2D eigenvalue weighted by atomic mass is 16.5. The Morgan fingerprint density at radius 1 is 1.47 bits per heavy atom. The number of nitrogens with one attached hydrogen (secondary N) is 1. The molecule has 0 aliphatic carbocycles. The minimum absolute atomic E-state index is 0.00287. The Hall–Kier alpha value is -2.24. The summed E-state index contributed by atoms with van der Waals surface area (Å²) in [5, 5.41) is 3.80. The van der Waals surface area contributed by atoms with Crippen molar-refractivity contribution in [1.82, 2.24) is 5.43 Å². The van der Waals surface area contributed by atoms with Crippen molar-refractivity contribution in [3.63, 3.8) is 0 Å². The Bertz CT molecular complexity index is 460. The van der Waals surface area contributed by atoms with Gasteiger partial charge >= 0.3 is 6.03 Å². The van der Waals surface area contributed by atoms with Gasteiger partial charge in [-0.2, -0.15) is 5.10 Å². The Balaban J connectivity index is 3.04. The van der Waals surface area contributed by atoms with Crippen LogP contribution >= 0.6 is 0 Å². The minimum Gasteiger partial charge on any atom is -0.493 e.